The molecule has 0 aliphatic rings. The highest BCUT2D eigenvalue weighted by molar-refractivity contribution is 6.07. The molecule has 0 amide bonds. The normalized spacial score (nSPS) is 11.7. The first kappa shape index (κ1) is 33.9. The zero-order valence-electron chi connectivity index (χ0n) is 32.1. The van der Waals surface area contributed by atoms with Gasteiger partial charge in [-0.25, -0.2) is 19.9 Å². The Morgan fingerprint density at radius 1 is 0.300 bits per heavy atom. The van der Waals surface area contributed by atoms with Crippen molar-refractivity contribution in [2.24, 2.45) is 0 Å². The van der Waals surface area contributed by atoms with Crippen molar-refractivity contribution in [2.75, 3.05) is 0 Å². The van der Waals surface area contributed by atoms with Gasteiger partial charge in [-0.2, -0.15) is 0 Å². The van der Waals surface area contributed by atoms with Crippen LogP contribution < -0.4 is 0 Å². The number of hydrogen-bond donors (Lipinski definition) is 0. The van der Waals surface area contributed by atoms with E-state index in [9.17, 15) is 0 Å². The van der Waals surface area contributed by atoms with E-state index in [1.807, 2.05) is 85.1 Å². The van der Waals surface area contributed by atoms with Crippen LogP contribution in [0.4, 0.5) is 0 Å². The summed E-state index contributed by atoms with van der Waals surface area (Å²) in [4.78, 5) is 19.9. The molecule has 4 heterocycles. The Hall–Kier alpha value is -8.22. The first-order valence-corrected chi connectivity index (χ1v) is 19.9. The van der Waals surface area contributed by atoms with Gasteiger partial charge in [0, 0.05) is 55.4 Å². The molecule has 0 radical (unpaired) electrons. The topological polar surface area (TPSA) is 77.8 Å². The van der Waals surface area contributed by atoms with E-state index < -0.39 is 0 Å². The second kappa shape index (κ2) is 13.7. The molecule has 0 aliphatic heterocycles. The lowest BCUT2D eigenvalue weighted by Gasteiger charge is -2.13. The zero-order valence-corrected chi connectivity index (χ0v) is 32.1. The largest absolute Gasteiger partial charge is 0.456 e. The van der Waals surface area contributed by atoms with E-state index in [2.05, 4.69) is 114 Å². The Kier molecular flexibility index (Phi) is 7.74. The van der Waals surface area contributed by atoms with Crippen LogP contribution in [0.3, 0.4) is 0 Å². The van der Waals surface area contributed by atoms with Gasteiger partial charge in [0.1, 0.15) is 22.3 Å². The molecule has 0 N–H and O–H groups in total. The summed E-state index contributed by atoms with van der Waals surface area (Å²) >= 11 is 0. The van der Waals surface area contributed by atoms with E-state index in [0.717, 1.165) is 111 Å². The summed E-state index contributed by atoms with van der Waals surface area (Å²) in [5.74, 6) is 1.30. The van der Waals surface area contributed by atoms with Crippen molar-refractivity contribution < 1.29 is 8.83 Å². The van der Waals surface area contributed by atoms with Gasteiger partial charge in [0.25, 0.3) is 0 Å². The molecule has 0 saturated heterocycles. The predicted octanol–water partition coefficient (Wildman–Crippen LogP) is 14.2. The van der Waals surface area contributed by atoms with Gasteiger partial charge in [0.15, 0.2) is 11.6 Å². The van der Waals surface area contributed by atoms with Gasteiger partial charge in [-0.3, -0.25) is 0 Å². The molecule has 0 saturated carbocycles. The lowest BCUT2D eigenvalue weighted by Crippen LogP contribution is -1.97. The van der Waals surface area contributed by atoms with E-state index in [4.69, 9.17) is 23.8 Å². The summed E-state index contributed by atoms with van der Waals surface area (Å²) in [5.41, 5.74) is 14.1. The smallest absolute Gasteiger partial charge is 0.160 e. The SMILES string of the molecule is c1ccc(-c2cc(-c3cc(-c4ccc5oc6ccccc6c5c4)cc(-c4ccc5oc6ccccc6c5c4)c3)nc(-c3ccc(-c4ncc5ccccc5n4)cc3)n2)cc1. The number of nitrogens with zero attached hydrogens (tertiary/aromatic N) is 4. The third kappa shape index (κ3) is 5.89. The van der Waals surface area contributed by atoms with E-state index in [1.54, 1.807) is 0 Å². The molecule has 6 heteroatoms. The van der Waals surface area contributed by atoms with Crippen LogP contribution in [0, 0.1) is 0 Å². The van der Waals surface area contributed by atoms with Crippen LogP contribution in [0.1, 0.15) is 0 Å². The molecule has 0 fully saturated rings. The van der Waals surface area contributed by atoms with E-state index in [-0.39, 0.29) is 0 Å². The number of para-hydroxylation sites is 3. The van der Waals surface area contributed by atoms with E-state index in [1.165, 1.54) is 0 Å². The van der Waals surface area contributed by atoms with Crippen LogP contribution in [-0.2, 0) is 0 Å². The van der Waals surface area contributed by atoms with Crippen LogP contribution in [0.5, 0.6) is 0 Å². The lowest BCUT2D eigenvalue weighted by molar-refractivity contribution is 0.668. The van der Waals surface area contributed by atoms with Gasteiger partial charge in [-0.15, -0.1) is 0 Å². The first-order valence-electron chi connectivity index (χ1n) is 19.9. The predicted molar refractivity (Wildman–Crippen MR) is 242 cm³/mol. The summed E-state index contributed by atoms with van der Waals surface area (Å²) in [6.45, 7) is 0. The van der Waals surface area contributed by atoms with Crippen molar-refractivity contribution in [3.8, 4) is 67.5 Å². The minimum Gasteiger partial charge on any atom is -0.456 e. The van der Waals surface area contributed by atoms with Crippen molar-refractivity contribution in [3.63, 3.8) is 0 Å². The van der Waals surface area contributed by atoms with Gasteiger partial charge < -0.3 is 8.83 Å². The molecule has 0 spiro atoms. The molecule has 60 heavy (non-hydrogen) atoms. The number of fused-ring (bicyclic) bond motifs is 7. The van der Waals surface area contributed by atoms with Crippen LogP contribution in [0.15, 0.2) is 203 Å². The number of hydrogen-bond acceptors (Lipinski definition) is 6. The fourth-order valence-corrected chi connectivity index (χ4v) is 8.28. The summed E-state index contributed by atoms with van der Waals surface area (Å²) in [6.07, 6.45) is 1.87. The van der Waals surface area contributed by atoms with Gasteiger partial charge in [-0.1, -0.05) is 121 Å². The van der Waals surface area contributed by atoms with Crippen molar-refractivity contribution >= 4 is 54.8 Å². The van der Waals surface area contributed by atoms with Crippen LogP contribution >= 0.6 is 0 Å². The molecule has 0 bridgehead atoms. The molecule has 280 valence electrons. The average molecular weight is 769 g/mol. The maximum atomic E-state index is 6.22. The Morgan fingerprint density at radius 3 is 1.45 bits per heavy atom. The summed E-state index contributed by atoms with van der Waals surface area (Å²) in [5, 5.41) is 5.35. The molecule has 12 aromatic rings. The van der Waals surface area contributed by atoms with Gasteiger partial charge in [0.2, 0.25) is 0 Å². The Morgan fingerprint density at radius 2 is 0.800 bits per heavy atom. The summed E-state index contributed by atoms with van der Waals surface area (Å²) in [7, 11) is 0. The second-order valence-electron chi connectivity index (χ2n) is 15.1. The van der Waals surface area contributed by atoms with Gasteiger partial charge in [0.05, 0.1) is 16.9 Å². The molecule has 0 aliphatic carbocycles. The molecule has 8 aromatic carbocycles. The van der Waals surface area contributed by atoms with Gasteiger partial charge >= 0.3 is 0 Å². The molecular formula is C54H32N4O2. The summed E-state index contributed by atoms with van der Waals surface area (Å²) < 4.78 is 12.4. The molecule has 6 nitrogen and oxygen atoms in total. The Bertz CT molecular complexity index is 3480. The molecular weight excluding hydrogens is 737 g/mol. The van der Waals surface area contributed by atoms with Crippen LogP contribution in [0.25, 0.3) is 122 Å². The zero-order chi connectivity index (χ0) is 39.6. The highest BCUT2D eigenvalue weighted by Gasteiger charge is 2.17. The van der Waals surface area contributed by atoms with Crippen molar-refractivity contribution in [3.05, 3.63) is 194 Å². The minimum absolute atomic E-state index is 0.627. The monoisotopic (exact) mass is 768 g/mol. The fourth-order valence-electron chi connectivity index (χ4n) is 8.28. The Balaban J connectivity index is 1.03. The van der Waals surface area contributed by atoms with Crippen LogP contribution in [0.2, 0.25) is 0 Å². The highest BCUT2D eigenvalue weighted by Crippen LogP contribution is 2.39. The first-order chi connectivity index (χ1) is 29.7. The summed E-state index contributed by atoms with van der Waals surface area (Å²) in [6, 6.07) is 64.6. The number of aromatic nitrogens is 4. The average Bonchev–Trinajstić information content (AvgIpc) is 3.89. The van der Waals surface area contributed by atoms with E-state index >= 15 is 0 Å². The maximum absolute atomic E-state index is 6.22. The standard InChI is InChI=1S/C54H32N4O2/c1-2-10-33(11-3-1)47-31-48(58-54(57-47)35-20-18-34(19-21-35)53-55-32-38-12-4-7-15-46(38)56-53)41-27-39(36-22-24-51-44(29-36)42-13-5-8-16-49(42)59-51)26-40(28-41)37-23-25-52-45(30-37)43-14-6-9-17-50(43)60-52/h1-32H. The number of furan rings is 2. The quantitative estimate of drug-likeness (QED) is 0.168. The molecule has 0 unspecified atom stereocenters. The minimum atomic E-state index is 0.627. The van der Waals surface area contributed by atoms with Crippen molar-refractivity contribution in [1.29, 1.82) is 0 Å². The number of benzene rings is 8. The maximum Gasteiger partial charge on any atom is 0.160 e. The third-order valence-corrected chi connectivity index (χ3v) is 11.3. The van der Waals surface area contributed by atoms with Gasteiger partial charge in [-0.05, 0) is 89.0 Å². The molecule has 0 atom stereocenters. The van der Waals surface area contributed by atoms with Crippen molar-refractivity contribution in [1.82, 2.24) is 19.9 Å². The Labute approximate surface area is 344 Å². The third-order valence-electron chi connectivity index (χ3n) is 11.3. The van der Waals surface area contributed by atoms with Crippen molar-refractivity contribution in [2.45, 2.75) is 0 Å². The van der Waals surface area contributed by atoms with E-state index in [0.29, 0.717) is 11.6 Å². The lowest BCUT2D eigenvalue weighted by atomic mass is 9.93. The fraction of sp³-hybridized carbons (Fsp3) is 0. The number of rotatable bonds is 6. The highest BCUT2D eigenvalue weighted by atomic mass is 16.3. The van der Waals surface area contributed by atoms with Crippen LogP contribution in [-0.4, -0.2) is 19.9 Å². The second-order valence-corrected chi connectivity index (χ2v) is 15.1. The molecule has 4 aromatic heterocycles. The molecule has 12 rings (SSSR count).